The molecule has 3 rings (SSSR count). The molecule has 0 radical (unpaired) electrons. The van der Waals surface area contributed by atoms with E-state index in [9.17, 15) is 8.42 Å². The summed E-state index contributed by atoms with van der Waals surface area (Å²) in [6.45, 7) is 0.521. The number of benzene rings is 1. The maximum absolute atomic E-state index is 12.9. The zero-order valence-corrected chi connectivity index (χ0v) is 13.4. The van der Waals surface area contributed by atoms with Crippen molar-refractivity contribution in [2.75, 3.05) is 13.6 Å². The Morgan fingerprint density at radius 2 is 2.19 bits per heavy atom. The Balaban J connectivity index is 2.02. The van der Waals surface area contributed by atoms with Crippen molar-refractivity contribution in [2.45, 2.75) is 30.2 Å². The number of rotatable bonds is 4. The molecule has 0 aliphatic heterocycles. The molecule has 0 spiro atoms. The summed E-state index contributed by atoms with van der Waals surface area (Å²) < 4.78 is 35.5. The van der Waals surface area contributed by atoms with Gasteiger partial charge in [0.15, 0.2) is 0 Å². The van der Waals surface area contributed by atoms with Crippen LogP contribution < -0.4 is 5.73 Å². The Kier molecular flexibility index (Phi) is 3.96. The lowest BCUT2D eigenvalue weighted by molar-refractivity contribution is 0.304. The molecule has 0 saturated heterocycles. The van der Waals surface area contributed by atoms with E-state index < -0.39 is 10.0 Å². The van der Waals surface area contributed by atoms with Gasteiger partial charge in [-0.05, 0) is 37.4 Å². The molecule has 1 aliphatic rings. The summed E-state index contributed by atoms with van der Waals surface area (Å²) in [5, 5.41) is 0. The summed E-state index contributed by atoms with van der Waals surface area (Å²) >= 11 is 1.03. The third-order valence-corrected chi connectivity index (χ3v) is 6.75. The Hall–Kier alpha value is -1.09. The molecular formula is C13H18N4O2S2. The lowest BCUT2D eigenvalue weighted by Crippen LogP contribution is -2.41. The molecule has 8 heteroatoms. The average Bonchev–Trinajstić information content (AvgIpc) is 3.13. The Labute approximate surface area is 128 Å². The maximum Gasteiger partial charge on any atom is 0.245 e. The minimum Gasteiger partial charge on any atom is -0.330 e. The summed E-state index contributed by atoms with van der Waals surface area (Å²) in [4.78, 5) is 0.235. The van der Waals surface area contributed by atoms with Crippen LogP contribution in [0.1, 0.15) is 19.3 Å². The number of sulfonamides is 1. The maximum atomic E-state index is 12.9. The molecule has 0 bridgehead atoms. The second-order valence-corrected chi connectivity index (χ2v) is 7.90. The molecule has 2 atom stereocenters. The molecule has 1 aromatic heterocycles. The summed E-state index contributed by atoms with van der Waals surface area (Å²) in [7, 11) is -1.93. The molecule has 1 saturated carbocycles. The minimum atomic E-state index is -3.58. The van der Waals surface area contributed by atoms with Crippen molar-refractivity contribution in [2.24, 2.45) is 11.7 Å². The summed E-state index contributed by atoms with van der Waals surface area (Å²) in [5.41, 5.74) is 6.85. The van der Waals surface area contributed by atoms with E-state index >= 15 is 0 Å². The first kappa shape index (κ1) is 14.8. The van der Waals surface area contributed by atoms with Gasteiger partial charge in [0.05, 0.1) is 11.7 Å². The van der Waals surface area contributed by atoms with Gasteiger partial charge in [-0.25, -0.2) is 8.42 Å². The molecule has 114 valence electrons. The van der Waals surface area contributed by atoms with Crippen molar-refractivity contribution < 1.29 is 8.42 Å². The van der Waals surface area contributed by atoms with Crippen LogP contribution >= 0.6 is 11.7 Å². The van der Waals surface area contributed by atoms with Crippen LogP contribution in [0.3, 0.4) is 0 Å². The highest BCUT2D eigenvalue weighted by atomic mass is 32.2. The van der Waals surface area contributed by atoms with Gasteiger partial charge >= 0.3 is 0 Å². The van der Waals surface area contributed by atoms with E-state index in [2.05, 4.69) is 8.75 Å². The normalized spacial score (nSPS) is 23.2. The lowest BCUT2D eigenvalue weighted by Gasteiger charge is -2.28. The summed E-state index contributed by atoms with van der Waals surface area (Å²) in [6, 6.07) is 5.05. The van der Waals surface area contributed by atoms with Gasteiger partial charge in [0, 0.05) is 13.1 Å². The molecule has 2 aromatic rings. The van der Waals surface area contributed by atoms with Crippen molar-refractivity contribution >= 4 is 32.8 Å². The molecule has 21 heavy (non-hydrogen) atoms. The molecule has 6 nitrogen and oxygen atoms in total. The van der Waals surface area contributed by atoms with Crippen molar-refractivity contribution in [3.05, 3.63) is 18.2 Å². The van der Waals surface area contributed by atoms with Crippen molar-refractivity contribution in [3.63, 3.8) is 0 Å². The molecule has 2 unspecified atom stereocenters. The number of hydrogen-bond acceptors (Lipinski definition) is 6. The van der Waals surface area contributed by atoms with Crippen LogP contribution in [0.15, 0.2) is 23.1 Å². The quantitative estimate of drug-likeness (QED) is 0.918. The first-order valence-electron chi connectivity index (χ1n) is 6.95. The van der Waals surface area contributed by atoms with Crippen LogP contribution in [0.25, 0.3) is 11.0 Å². The van der Waals surface area contributed by atoms with Gasteiger partial charge in [0.1, 0.15) is 15.9 Å². The Morgan fingerprint density at radius 3 is 2.95 bits per heavy atom. The van der Waals surface area contributed by atoms with Gasteiger partial charge in [0.25, 0.3) is 0 Å². The minimum absolute atomic E-state index is 0.0261. The van der Waals surface area contributed by atoms with Crippen molar-refractivity contribution in [3.8, 4) is 0 Å². The number of hydrogen-bond donors (Lipinski definition) is 1. The zero-order chi connectivity index (χ0) is 15.0. The monoisotopic (exact) mass is 326 g/mol. The van der Waals surface area contributed by atoms with Crippen LogP contribution in [0.2, 0.25) is 0 Å². The standard InChI is InChI=1S/C13H18N4O2S2/c1-17(11-6-2-4-9(11)8-14)21(18,19)12-7-3-5-10-13(12)16-20-15-10/h3,5,7,9,11H,2,4,6,8,14H2,1H3. The SMILES string of the molecule is CN(C1CCCC1CN)S(=O)(=O)c1cccc2nsnc12. The van der Waals surface area contributed by atoms with Crippen LogP contribution in [0.5, 0.6) is 0 Å². The summed E-state index contributed by atoms with van der Waals surface area (Å²) in [5.74, 6) is 0.234. The highest BCUT2D eigenvalue weighted by Gasteiger charge is 2.36. The Morgan fingerprint density at radius 1 is 1.38 bits per heavy atom. The molecule has 1 fully saturated rings. The highest BCUT2D eigenvalue weighted by Crippen LogP contribution is 2.33. The van der Waals surface area contributed by atoms with Gasteiger partial charge in [-0.3, -0.25) is 0 Å². The van der Waals surface area contributed by atoms with Crippen molar-refractivity contribution in [1.82, 2.24) is 13.1 Å². The van der Waals surface area contributed by atoms with Gasteiger partial charge in [-0.15, -0.1) is 0 Å². The third kappa shape index (κ3) is 2.46. The number of nitrogens with zero attached hydrogens (tertiary/aromatic N) is 3. The number of fused-ring (bicyclic) bond motifs is 1. The highest BCUT2D eigenvalue weighted by molar-refractivity contribution is 7.89. The van der Waals surface area contributed by atoms with E-state index in [0.29, 0.717) is 17.6 Å². The topological polar surface area (TPSA) is 89.2 Å². The first-order chi connectivity index (χ1) is 10.1. The van der Waals surface area contributed by atoms with E-state index in [4.69, 9.17) is 5.73 Å². The molecule has 1 aliphatic carbocycles. The van der Waals surface area contributed by atoms with Crippen LogP contribution in [0, 0.1) is 5.92 Å². The Bertz CT molecular complexity index is 743. The molecule has 2 N–H and O–H groups in total. The average molecular weight is 326 g/mol. The summed E-state index contributed by atoms with van der Waals surface area (Å²) in [6.07, 6.45) is 2.88. The third-order valence-electron chi connectivity index (χ3n) is 4.29. The molecule has 1 heterocycles. The second-order valence-electron chi connectivity index (χ2n) is 5.40. The number of aromatic nitrogens is 2. The fourth-order valence-corrected chi connectivity index (χ4v) is 5.29. The van der Waals surface area contributed by atoms with Crippen LogP contribution in [-0.2, 0) is 10.0 Å². The van der Waals surface area contributed by atoms with Gasteiger partial charge in [-0.2, -0.15) is 13.1 Å². The van der Waals surface area contributed by atoms with E-state index in [-0.39, 0.29) is 16.9 Å². The molecular weight excluding hydrogens is 308 g/mol. The second kappa shape index (κ2) is 5.60. The zero-order valence-electron chi connectivity index (χ0n) is 11.8. The first-order valence-corrected chi connectivity index (χ1v) is 9.12. The fourth-order valence-electron chi connectivity index (χ4n) is 3.09. The van der Waals surface area contributed by atoms with E-state index in [1.54, 1.807) is 25.2 Å². The largest absolute Gasteiger partial charge is 0.330 e. The number of nitrogens with two attached hydrogens (primary N) is 1. The van der Waals surface area contributed by atoms with Gasteiger partial charge < -0.3 is 5.73 Å². The van der Waals surface area contributed by atoms with E-state index in [1.165, 1.54) is 4.31 Å². The predicted octanol–water partition coefficient (Wildman–Crippen LogP) is 1.44. The lowest BCUT2D eigenvalue weighted by atomic mass is 10.0. The smallest absolute Gasteiger partial charge is 0.245 e. The van der Waals surface area contributed by atoms with E-state index in [1.807, 2.05) is 0 Å². The van der Waals surface area contributed by atoms with Gasteiger partial charge in [-0.1, -0.05) is 12.5 Å². The molecule has 1 aromatic carbocycles. The van der Waals surface area contributed by atoms with Crippen molar-refractivity contribution in [1.29, 1.82) is 0 Å². The fraction of sp³-hybridized carbons (Fsp3) is 0.538. The predicted molar refractivity (Wildman–Crippen MR) is 82.5 cm³/mol. The van der Waals surface area contributed by atoms with Crippen LogP contribution in [-0.4, -0.2) is 41.1 Å². The van der Waals surface area contributed by atoms with Crippen LogP contribution in [0.4, 0.5) is 0 Å². The molecule has 0 amide bonds. The van der Waals surface area contributed by atoms with E-state index in [0.717, 1.165) is 31.0 Å². The van der Waals surface area contributed by atoms with Gasteiger partial charge in [0.2, 0.25) is 10.0 Å².